The minimum Gasteiger partial charge on any atom is -0.510 e. The van der Waals surface area contributed by atoms with Crippen molar-refractivity contribution >= 4 is 11.3 Å². The van der Waals surface area contributed by atoms with Gasteiger partial charge in [0, 0.05) is 50.1 Å². The smallest absolute Gasteiger partial charge is 0.119 e. The molecule has 3 aliphatic rings. The van der Waals surface area contributed by atoms with Crippen LogP contribution < -0.4 is 16.0 Å². The summed E-state index contributed by atoms with van der Waals surface area (Å²) < 4.78 is 0. The van der Waals surface area contributed by atoms with Gasteiger partial charge in [-0.25, -0.2) is 0 Å². The molecule has 40 heavy (non-hydrogen) atoms. The molecular formula is C34H50N4O2. The lowest BCUT2D eigenvalue weighted by atomic mass is 9.55. The van der Waals surface area contributed by atoms with Crippen LogP contribution in [-0.4, -0.2) is 61.5 Å². The van der Waals surface area contributed by atoms with Gasteiger partial charge >= 0.3 is 0 Å². The predicted molar refractivity (Wildman–Crippen MR) is 168 cm³/mol. The molecular weight excluding hydrogens is 496 g/mol. The fourth-order valence-electron chi connectivity index (χ4n) is 7.52. The molecule has 4 rings (SSSR count). The van der Waals surface area contributed by atoms with Gasteiger partial charge < -0.3 is 26.2 Å². The normalized spacial score (nSPS) is 26.6. The first-order valence-corrected chi connectivity index (χ1v) is 14.3. The number of allylic oxidation sites excluding steroid dienone is 3. The molecule has 0 saturated heterocycles. The van der Waals surface area contributed by atoms with Crippen molar-refractivity contribution in [3.63, 3.8) is 0 Å². The lowest BCUT2D eigenvalue weighted by Crippen LogP contribution is -2.58. The average Bonchev–Trinajstić information content (AvgIpc) is 2.81. The van der Waals surface area contributed by atoms with E-state index in [0.29, 0.717) is 17.6 Å². The minimum absolute atomic E-state index is 0.140. The van der Waals surface area contributed by atoms with Gasteiger partial charge in [0.25, 0.3) is 0 Å². The molecule has 0 spiro atoms. The van der Waals surface area contributed by atoms with Crippen LogP contribution in [-0.2, 0) is 13.0 Å². The summed E-state index contributed by atoms with van der Waals surface area (Å²) in [6, 6.07) is 1.92. The quantitative estimate of drug-likeness (QED) is 0.391. The van der Waals surface area contributed by atoms with E-state index in [4.69, 9.17) is 5.73 Å². The average molecular weight is 547 g/mol. The number of aliphatic hydroxyl groups is 2. The summed E-state index contributed by atoms with van der Waals surface area (Å²) in [7, 11) is 8.07. The monoisotopic (exact) mass is 546 g/mol. The maximum atomic E-state index is 12.6. The van der Waals surface area contributed by atoms with Gasteiger partial charge in [0.1, 0.15) is 11.4 Å². The highest BCUT2D eigenvalue weighted by atomic mass is 16.3. The SMILES string of the molecule is C=C(N)C1=C(O)C(N(C)C)[C@@H]2C[C@@H]3Cc4c(N(C)C)cc(CNCC(C)(C)C)c(C)c4C(=C)C3=C(C)[C@]2(O)C1=C. The Morgan fingerprint density at radius 3 is 2.33 bits per heavy atom. The maximum absolute atomic E-state index is 12.6. The van der Waals surface area contributed by atoms with Crippen molar-refractivity contribution in [2.75, 3.05) is 39.6 Å². The molecule has 4 atom stereocenters. The second-order valence-electron chi connectivity index (χ2n) is 13.8. The molecule has 5 N–H and O–H groups in total. The number of nitrogens with zero attached hydrogens (tertiary/aromatic N) is 2. The molecule has 6 nitrogen and oxygen atoms in total. The van der Waals surface area contributed by atoms with Crippen molar-refractivity contribution < 1.29 is 10.2 Å². The number of hydrogen-bond donors (Lipinski definition) is 4. The first-order valence-electron chi connectivity index (χ1n) is 14.3. The van der Waals surface area contributed by atoms with E-state index in [-0.39, 0.29) is 28.7 Å². The van der Waals surface area contributed by atoms with Gasteiger partial charge in [-0.1, -0.05) is 40.5 Å². The zero-order chi connectivity index (χ0) is 30.1. The lowest BCUT2D eigenvalue weighted by molar-refractivity contribution is -0.0178. The molecule has 0 saturated carbocycles. The predicted octanol–water partition coefficient (Wildman–Crippen LogP) is 5.23. The van der Waals surface area contributed by atoms with Crippen LogP contribution in [0.5, 0.6) is 0 Å². The molecule has 6 heteroatoms. The van der Waals surface area contributed by atoms with Gasteiger partial charge in [0.2, 0.25) is 0 Å². The molecule has 1 aromatic rings. The summed E-state index contributed by atoms with van der Waals surface area (Å²) >= 11 is 0. The second-order valence-corrected chi connectivity index (χ2v) is 13.8. The fraction of sp³-hybridized carbons (Fsp3) is 0.529. The van der Waals surface area contributed by atoms with E-state index in [1.165, 1.54) is 27.9 Å². The number of aliphatic hydroxyl groups excluding tert-OH is 1. The number of fused-ring (bicyclic) bond motifs is 3. The Balaban J connectivity index is 1.90. The topological polar surface area (TPSA) is 85.0 Å². The molecule has 0 heterocycles. The number of benzene rings is 1. The van der Waals surface area contributed by atoms with E-state index >= 15 is 0 Å². The van der Waals surface area contributed by atoms with Crippen molar-refractivity contribution in [1.82, 2.24) is 10.2 Å². The second kappa shape index (κ2) is 10.2. The highest BCUT2D eigenvalue weighted by molar-refractivity contribution is 5.88. The van der Waals surface area contributed by atoms with Crippen molar-refractivity contribution in [3.8, 4) is 0 Å². The molecule has 0 amide bonds. The molecule has 0 aromatic heterocycles. The Morgan fingerprint density at radius 1 is 1.18 bits per heavy atom. The van der Waals surface area contributed by atoms with Gasteiger partial charge in [0.05, 0.1) is 6.04 Å². The summed E-state index contributed by atoms with van der Waals surface area (Å²) in [4.78, 5) is 4.18. The van der Waals surface area contributed by atoms with Gasteiger partial charge in [-0.3, -0.25) is 4.90 Å². The largest absolute Gasteiger partial charge is 0.510 e. The van der Waals surface area contributed by atoms with Gasteiger partial charge in [0.15, 0.2) is 0 Å². The highest BCUT2D eigenvalue weighted by Gasteiger charge is 2.57. The van der Waals surface area contributed by atoms with E-state index in [1.807, 2.05) is 25.9 Å². The Kier molecular flexibility index (Phi) is 7.72. The van der Waals surface area contributed by atoms with E-state index in [1.54, 1.807) is 0 Å². The van der Waals surface area contributed by atoms with Crippen LogP contribution in [0, 0.1) is 24.2 Å². The molecule has 3 aliphatic carbocycles. The number of nitrogens with one attached hydrogen (secondary N) is 1. The number of hydrogen-bond acceptors (Lipinski definition) is 6. The number of anilines is 1. The van der Waals surface area contributed by atoms with Crippen LogP contribution in [0.4, 0.5) is 5.69 Å². The third kappa shape index (κ3) is 4.64. The van der Waals surface area contributed by atoms with Gasteiger partial charge in [-0.15, -0.1) is 0 Å². The standard InChI is InChI=1S/C34H50N4O2/c1-18-24(16-36-17-33(6,7)8)15-27(37(9)10)25-13-23-14-26-31(38(11)12)32(39)30(22(5)35)21(4)34(26,40)20(3)29(23)19(2)28(18)25/h15,23,26,31,36,39-40H,2,4-5,13-14,16-17,35H2,1,3,6-12H3/t23-,26-,31?,34-/m0/s1. The molecule has 0 fully saturated rings. The van der Waals surface area contributed by atoms with Crippen molar-refractivity contribution in [3.05, 3.63) is 81.8 Å². The zero-order valence-corrected chi connectivity index (χ0v) is 26.1. The minimum atomic E-state index is -1.37. The highest BCUT2D eigenvalue weighted by Crippen LogP contribution is 2.58. The van der Waals surface area contributed by atoms with Crippen LogP contribution >= 0.6 is 0 Å². The Morgan fingerprint density at radius 2 is 1.80 bits per heavy atom. The first-order chi connectivity index (χ1) is 18.4. The Hall–Kier alpha value is -2.80. The van der Waals surface area contributed by atoms with E-state index < -0.39 is 11.6 Å². The lowest BCUT2D eigenvalue weighted by Gasteiger charge is -2.54. The third-order valence-corrected chi connectivity index (χ3v) is 9.32. The Bertz CT molecular complexity index is 1340. The van der Waals surface area contributed by atoms with E-state index in [0.717, 1.165) is 36.2 Å². The number of nitrogens with two attached hydrogens (primary N) is 1. The fourth-order valence-corrected chi connectivity index (χ4v) is 7.52. The molecule has 218 valence electrons. The summed E-state index contributed by atoms with van der Waals surface area (Å²) in [5, 5.41) is 27.6. The van der Waals surface area contributed by atoms with Crippen LogP contribution in [0.25, 0.3) is 5.57 Å². The number of likely N-dealkylation sites (N-methyl/N-ethyl adjacent to an activating group) is 1. The Labute approximate surface area is 241 Å². The van der Waals surface area contributed by atoms with Gasteiger partial charge in [-0.05, 0) is 103 Å². The summed E-state index contributed by atoms with van der Waals surface area (Å²) in [5.41, 5.74) is 15.2. The molecule has 1 unspecified atom stereocenters. The van der Waals surface area contributed by atoms with E-state index in [2.05, 4.69) is 77.8 Å². The van der Waals surface area contributed by atoms with Crippen molar-refractivity contribution in [2.24, 2.45) is 23.0 Å². The van der Waals surface area contributed by atoms with Crippen molar-refractivity contribution in [2.45, 2.75) is 65.6 Å². The van der Waals surface area contributed by atoms with Crippen molar-refractivity contribution in [1.29, 1.82) is 0 Å². The molecule has 0 radical (unpaired) electrons. The van der Waals surface area contributed by atoms with Gasteiger partial charge in [-0.2, -0.15) is 0 Å². The summed E-state index contributed by atoms with van der Waals surface area (Å²) in [6.45, 7) is 25.5. The first kappa shape index (κ1) is 30.2. The van der Waals surface area contributed by atoms with Crippen LogP contribution in [0.1, 0.15) is 56.4 Å². The number of rotatable bonds is 6. The zero-order valence-electron chi connectivity index (χ0n) is 26.1. The molecule has 0 aliphatic heterocycles. The third-order valence-electron chi connectivity index (χ3n) is 9.32. The molecule has 1 aromatic carbocycles. The van der Waals surface area contributed by atoms with E-state index in [9.17, 15) is 10.2 Å². The molecule has 0 bridgehead atoms. The summed E-state index contributed by atoms with van der Waals surface area (Å²) in [6.07, 6.45) is 1.55. The van der Waals surface area contributed by atoms with Crippen LogP contribution in [0.15, 0.2) is 59.6 Å². The summed E-state index contributed by atoms with van der Waals surface area (Å²) in [5.74, 6) is 0.0191. The van der Waals surface area contributed by atoms with Crippen LogP contribution in [0.2, 0.25) is 0 Å². The van der Waals surface area contributed by atoms with Crippen LogP contribution in [0.3, 0.4) is 0 Å². The maximum Gasteiger partial charge on any atom is 0.119 e.